The van der Waals surface area contributed by atoms with E-state index in [1.54, 1.807) is 0 Å². The summed E-state index contributed by atoms with van der Waals surface area (Å²) in [6, 6.07) is 0.775. The Balaban J connectivity index is 1.89. The minimum absolute atomic E-state index is 0.0854. The summed E-state index contributed by atoms with van der Waals surface area (Å²) in [4.78, 5) is 5.11. The van der Waals surface area contributed by atoms with E-state index in [1.807, 2.05) is 0 Å². The maximum Gasteiger partial charge on any atom is 0.0826 e. The molecule has 0 bridgehead atoms. The smallest absolute Gasteiger partial charge is 0.0826 e. The van der Waals surface area contributed by atoms with Crippen molar-refractivity contribution in [3.8, 4) is 12.3 Å². The van der Waals surface area contributed by atoms with E-state index in [0.717, 1.165) is 32.0 Å². The monoisotopic (exact) mass is 277 g/mol. The number of likely N-dealkylation sites (tertiary alicyclic amines) is 2. The van der Waals surface area contributed by atoms with E-state index in [4.69, 9.17) is 6.42 Å². The van der Waals surface area contributed by atoms with Gasteiger partial charge in [-0.25, -0.2) is 0 Å². The fourth-order valence-corrected chi connectivity index (χ4v) is 3.65. The molecule has 2 fully saturated rings. The highest BCUT2D eigenvalue weighted by molar-refractivity contribution is 5.16. The Kier molecular flexibility index (Phi) is 4.79. The van der Waals surface area contributed by atoms with Crippen LogP contribution in [0.4, 0.5) is 0 Å². The van der Waals surface area contributed by atoms with E-state index in [9.17, 15) is 0 Å². The summed E-state index contributed by atoms with van der Waals surface area (Å²) in [5.74, 6) is 3.06. The summed E-state index contributed by atoms with van der Waals surface area (Å²) in [5, 5.41) is 3.68. The molecule has 2 aliphatic heterocycles. The van der Waals surface area contributed by atoms with Gasteiger partial charge in [0.1, 0.15) is 0 Å². The molecule has 0 unspecified atom stereocenters. The average Bonchev–Trinajstić information content (AvgIpc) is 2.39. The highest BCUT2D eigenvalue weighted by atomic mass is 15.2. The van der Waals surface area contributed by atoms with E-state index >= 15 is 0 Å². The topological polar surface area (TPSA) is 18.5 Å². The highest BCUT2D eigenvalue weighted by Gasteiger charge is 2.37. The van der Waals surface area contributed by atoms with Gasteiger partial charge in [0.15, 0.2) is 0 Å². The zero-order chi connectivity index (χ0) is 14.8. The molecule has 114 valence electrons. The van der Waals surface area contributed by atoms with Gasteiger partial charge in [-0.2, -0.15) is 0 Å². The Labute approximate surface area is 125 Å². The van der Waals surface area contributed by atoms with E-state index in [-0.39, 0.29) is 11.1 Å². The van der Waals surface area contributed by atoms with Crippen LogP contribution >= 0.6 is 0 Å². The standard InChI is InChI=1S/C17H31N3/c1-6-17(18-16(2,3)4)9-13-20(14-10-17)15-7-11-19(5)12-8-15/h1,15,18H,7-14H2,2-5H3. The molecule has 0 radical (unpaired) electrons. The van der Waals surface area contributed by atoms with Gasteiger partial charge in [-0.1, -0.05) is 5.92 Å². The number of hydrogen-bond acceptors (Lipinski definition) is 3. The van der Waals surface area contributed by atoms with Crippen LogP contribution < -0.4 is 5.32 Å². The number of piperidine rings is 2. The molecule has 2 heterocycles. The summed E-state index contributed by atoms with van der Waals surface area (Å²) >= 11 is 0. The van der Waals surface area contributed by atoms with Gasteiger partial charge in [-0.15, -0.1) is 6.42 Å². The van der Waals surface area contributed by atoms with Crippen LogP contribution in [-0.2, 0) is 0 Å². The fraction of sp³-hybridized carbons (Fsp3) is 0.882. The second-order valence-corrected chi connectivity index (χ2v) is 7.67. The first kappa shape index (κ1) is 15.8. The third kappa shape index (κ3) is 3.97. The van der Waals surface area contributed by atoms with Gasteiger partial charge in [0.05, 0.1) is 5.54 Å². The molecule has 0 atom stereocenters. The first-order chi connectivity index (χ1) is 9.34. The Morgan fingerprint density at radius 2 is 1.65 bits per heavy atom. The van der Waals surface area contributed by atoms with Crippen molar-refractivity contribution < 1.29 is 0 Å². The van der Waals surface area contributed by atoms with Crippen LogP contribution in [0.25, 0.3) is 0 Å². The summed E-state index contributed by atoms with van der Waals surface area (Å²) < 4.78 is 0. The van der Waals surface area contributed by atoms with Gasteiger partial charge in [0, 0.05) is 24.7 Å². The number of rotatable bonds is 2. The molecule has 1 N–H and O–H groups in total. The molecule has 20 heavy (non-hydrogen) atoms. The van der Waals surface area contributed by atoms with Crippen LogP contribution in [0.1, 0.15) is 46.5 Å². The SMILES string of the molecule is C#CC1(NC(C)(C)C)CCN(C2CCN(C)CC2)CC1. The molecule has 3 nitrogen and oxygen atoms in total. The molecule has 0 saturated carbocycles. The maximum atomic E-state index is 5.85. The normalized spacial score (nSPS) is 26.4. The molecule has 0 aromatic heterocycles. The first-order valence-corrected chi connectivity index (χ1v) is 8.03. The lowest BCUT2D eigenvalue weighted by molar-refractivity contribution is 0.0735. The van der Waals surface area contributed by atoms with Crippen molar-refractivity contribution >= 4 is 0 Å². The Morgan fingerprint density at radius 3 is 2.10 bits per heavy atom. The van der Waals surface area contributed by atoms with E-state index in [0.29, 0.717) is 0 Å². The maximum absolute atomic E-state index is 5.85. The van der Waals surface area contributed by atoms with Gasteiger partial charge in [-0.3, -0.25) is 5.32 Å². The second-order valence-electron chi connectivity index (χ2n) is 7.67. The number of nitrogens with one attached hydrogen (secondary N) is 1. The molecular formula is C17H31N3. The average molecular weight is 277 g/mol. The van der Waals surface area contributed by atoms with Crippen molar-refractivity contribution in [2.24, 2.45) is 0 Å². The van der Waals surface area contributed by atoms with Crippen molar-refractivity contribution in [1.82, 2.24) is 15.1 Å². The highest BCUT2D eigenvalue weighted by Crippen LogP contribution is 2.27. The van der Waals surface area contributed by atoms with Gasteiger partial charge in [0.2, 0.25) is 0 Å². The quantitative estimate of drug-likeness (QED) is 0.778. The van der Waals surface area contributed by atoms with Crippen molar-refractivity contribution in [3.05, 3.63) is 0 Å². The lowest BCUT2D eigenvalue weighted by Gasteiger charge is -2.46. The second kappa shape index (κ2) is 6.05. The third-order valence-corrected chi connectivity index (χ3v) is 4.75. The molecule has 0 spiro atoms. The van der Waals surface area contributed by atoms with Crippen LogP contribution in [0.15, 0.2) is 0 Å². The molecule has 0 aliphatic carbocycles. The Hall–Kier alpha value is -0.560. The van der Waals surface area contributed by atoms with Gasteiger partial charge >= 0.3 is 0 Å². The zero-order valence-electron chi connectivity index (χ0n) is 13.7. The number of nitrogens with zero attached hydrogens (tertiary/aromatic N) is 2. The van der Waals surface area contributed by atoms with Crippen molar-refractivity contribution in [1.29, 1.82) is 0 Å². The minimum Gasteiger partial charge on any atom is -0.306 e. The lowest BCUT2D eigenvalue weighted by Crippen LogP contribution is -2.59. The first-order valence-electron chi connectivity index (χ1n) is 8.03. The summed E-state index contributed by atoms with van der Waals surface area (Å²) in [6.07, 6.45) is 10.6. The Morgan fingerprint density at radius 1 is 1.10 bits per heavy atom. The van der Waals surface area contributed by atoms with Crippen molar-refractivity contribution in [2.45, 2.75) is 63.6 Å². The van der Waals surface area contributed by atoms with Crippen LogP contribution in [0.2, 0.25) is 0 Å². The largest absolute Gasteiger partial charge is 0.306 e. The van der Waals surface area contributed by atoms with Crippen LogP contribution in [0.3, 0.4) is 0 Å². The van der Waals surface area contributed by atoms with Gasteiger partial charge in [0.25, 0.3) is 0 Å². The summed E-state index contributed by atoms with van der Waals surface area (Å²) in [6.45, 7) is 11.4. The van der Waals surface area contributed by atoms with Crippen LogP contribution in [0, 0.1) is 12.3 Å². The minimum atomic E-state index is -0.0970. The van der Waals surface area contributed by atoms with Crippen molar-refractivity contribution in [2.75, 3.05) is 33.2 Å². The Bertz CT molecular complexity index is 347. The molecule has 3 heteroatoms. The predicted octanol–water partition coefficient (Wildman–Crippen LogP) is 1.94. The van der Waals surface area contributed by atoms with E-state index in [2.05, 4.69) is 48.9 Å². The van der Waals surface area contributed by atoms with Gasteiger partial charge in [-0.05, 0) is 66.6 Å². The van der Waals surface area contributed by atoms with E-state index in [1.165, 1.54) is 25.9 Å². The molecule has 2 rings (SSSR count). The lowest BCUT2D eigenvalue weighted by atomic mass is 9.84. The van der Waals surface area contributed by atoms with Crippen LogP contribution in [-0.4, -0.2) is 60.1 Å². The number of terminal acetylenes is 1. The zero-order valence-corrected chi connectivity index (χ0v) is 13.7. The predicted molar refractivity (Wildman–Crippen MR) is 85.8 cm³/mol. The van der Waals surface area contributed by atoms with Gasteiger partial charge < -0.3 is 9.80 Å². The van der Waals surface area contributed by atoms with E-state index < -0.39 is 0 Å². The fourth-order valence-electron chi connectivity index (χ4n) is 3.65. The molecule has 0 amide bonds. The summed E-state index contributed by atoms with van der Waals surface area (Å²) in [5.41, 5.74) is -0.0116. The third-order valence-electron chi connectivity index (χ3n) is 4.75. The number of hydrogen-bond donors (Lipinski definition) is 1. The molecular weight excluding hydrogens is 246 g/mol. The summed E-state index contributed by atoms with van der Waals surface area (Å²) in [7, 11) is 2.23. The molecule has 0 aromatic carbocycles. The van der Waals surface area contributed by atoms with Crippen LogP contribution in [0.5, 0.6) is 0 Å². The molecule has 0 aromatic rings. The molecule has 2 saturated heterocycles. The van der Waals surface area contributed by atoms with Crippen molar-refractivity contribution in [3.63, 3.8) is 0 Å². The molecule has 2 aliphatic rings.